The number of piperidine rings is 1. The molecular formula is C26H32FN3O4. The summed E-state index contributed by atoms with van der Waals surface area (Å²) in [6.07, 6.45) is 1.09. The van der Waals surface area contributed by atoms with Gasteiger partial charge in [0.1, 0.15) is 17.6 Å². The van der Waals surface area contributed by atoms with Crippen LogP contribution >= 0.6 is 0 Å². The maximum absolute atomic E-state index is 13.5. The van der Waals surface area contributed by atoms with Gasteiger partial charge in [-0.15, -0.1) is 0 Å². The summed E-state index contributed by atoms with van der Waals surface area (Å²) >= 11 is 0. The van der Waals surface area contributed by atoms with E-state index in [1.54, 1.807) is 42.3 Å². The average Bonchev–Trinajstić information content (AvgIpc) is 2.85. The molecule has 34 heavy (non-hydrogen) atoms. The first-order chi connectivity index (χ1) is 16.3. The lowest BCUT2D eigenvalue weighted by Crippen LogP contribution is -2.54. The number of carbonyl (C=O) groups excluding carboxylic acids is 3. The van der Waals surface area contributed by atoms with Crippen molar-refractivity contribution >= 4 is 17.7 Å². The van der Waals surface area contributed by atoms with Crippen LogP contribution in [0.15, 0.2) is 48.5 Å². The van der Waals surface area contributed by atoms with Crippen LogP contribution in [0.2, 0.25) is 0 Å². The molecule has 0 saturated carbocycles. The maximum atomic E-state index is 13.5. The minimum absolute atomic E-state index is 0.133. The highest BCUT2D eigenvalue weighted by molar-refractivity contribution is 5.98. The molecule has 8 heteroatoms. The van der Waals surface area contributed by atoms with E-state index in [-0.39, 0.29) is 29.6 Å². The van der Waals surface area contributed by atoms with Gasteiger partial charge >= 0.3 is 0 Å². The molecule has 2 N–H and O–H groups in total. The molecule has 0 unspecified atom stereocenters. The Bertz CT molecular complexity index is 1000. The molecule has 1 atom stereocenters. The van der Waals surface area contributed by atoms with Gasteiger partial charge in [-0.2, -0.15) is 0 Å². The lowest BCUT2D eigenvalue weighted by atomic mass is 9.88. The van der Waals surface area contributed by atoms with Gasteiger partial charge in [-0.25, -0.2) is 4.39 Å². The standard InChI is InChI=1S/C26H32FN3O4/c1-17(2)16-28-25(32)23(29-24(31)19-7-9-22(34-3)10-8-19)18-11-13-30(14-12-18)26(33)20-5-4-6-21(27)15-20/h4-10,15,17-18,23H,11-14,16H2,1-3H3,(H,28,32)(H,29,31)/t23-/m1/s1. The van der Waals surface area contributed by atoms with Crippen molar-refractivity contribution in [1.82, 2.24) is 15.5 Å². The summed E-state index contributed by atoms with van der Waals surface area (Å²) in [7, 11) is 1.55. The number of hydrogen-bond acceptors (Lipinski definition) is 4. The summed E-state index contributed by atoms with van der Waals surface area (Å²) in [6.45, 7) is 5.35. The predicted octanol–water partition coefficient (Wildman–Crippen LogP) is 3.26. The fourth-order valence-corrected chi connectivity index (χ4v) is 4.02. The van der Waals surface area contributed by atoms with Crippen LogP contribution in [0.3, 0.4) is 0 Å². The maximum Gasteiger partial charge on any atom is 0.253 e. The molecule has 1 heterocycles. The summed E-state index contributed by atoms with van der Waals surface area (Å²) in [5, 5.41) is 5.83. The van der Waals surface area contributed by atoms with Crippen molar-refractivity contribution < 1.29 is 23.5 Å². The van der Waals surface area contributed by atoms with Gasteiger partial charge in [0.2, 0.25) is 5.91 Å². The summed E-state index contributed by atoms with van der Waals surface area (Å²) < 4.78 is 18.7. The number of nitrogens with one attached hydrogen (secondary N) is 2. The van der Waals surface area contributed by atoms with E-state index < -0.39 is 11.9 Å². The molecule has 0 spiro atoms. The molecule has 2 aromatic rings. The van der Waals surface area contributed by atoms with Crippen molar-refractivity contribution in [3.8, 4) is 5.75 Å². The van der Waals surface area contributed by atoms with E-state index in [1.165, 1.54) is 18.2 Å². The number of carbonyl (C=O) groups is 3. The third kappa shape index (κ3) is 6.56. The van der Waals surface area contributed by atoms with Crippen molar-refractivity contribution in [2.45, 2.75) is 32.7 Å². The second kappa shape index (κ2) is 11.6. The van der Waals surface area contributed by atoms with Crippen LogP contribution in [0.1, 0.15) is 47.4 Å². The Balaban J connectivity index is 1.68. The monoisotopic (exact) mass is 469 g/mol. The van der Waals surface area contributed by atoms with Gasteiger partial charge in [0.15, 0.2) is 0 Å². The first-order valence-corrected chi connectivity index (χ1v) is 11.6. The minimum Gasteiger partial charge on any atom is -0.497 e. The zero-order valence-corrected chi connectivity index (χ0v) is 19.8. The largest absolute Gasteiger partial charge is 0.497 e. The van der Waals surface area contributed by atoms with E-state index in [9.17, 15) is 18.8 Å². The fourth-order valence-electron chi connectivity index (χ4n) is 4.02. The van der Waals surface area contributed by atoms with E-state index in [4.69, 9.17) is 4.74 Å². The number of rotatable bonds is 8. The Morgan fingerprint density at radius 2 is 1.74 bits per heavy atom. The van der Waals surface area contributed by atoms with Gasteiger partial charge in [-0.1, -0.05) is 19.9 Å². The van der Waals surface area contributed by atoms with Crippen molar-refractivity contribution in [3.63, 3.8) is 0 Å². The van der Waals surface area contributed by atoms with Gasteiger partial charge < -0.3 is 20.3 Å². The van der Waals surface area contributed by atoms with Crippen LogP contribution in [0.25, 0.3) is 0 Å². The summed E-state index contributed by atoms with van der Waals surface area (Å²) in [5.41, 5.74) is 0.735. The highest BCUT2D eigenvalue weighted by Crippen LogP contribution is 2.23. The number of halogens is 1. The van der Waals surface area contributed by atoms with Crippen molar-refractivity contribution in [1.29, 1.82) is 0 Å². The first kappa shape index (κ1) is 25.2. The molecule has 0 bridgehead atoms. The van der Waals surface area contributed by atoms with Crippen LogP contribution in [-0.2, 0) is 4.79 Å². The Hall–Kier alpha value is -3.42. The molecule has 0 radical (unpaired) electrons. The van der Waals surface area contributed by atoms with Crippen molar-refractivity contribution in [2.24, 2.45) is 11.8 Å². The molecule has 1 aliphatic heterocycles. The number of benzene rings is 2. The van der Waals surface area contributed by atoms with Gasteiger partial charge in [0.05, 0.1) is 7.11 Å². The van der Waals surface area contributed by atoms with E-state index >= 15 is 0 Å². The number of nitrogens with zero attached hydrogens (tertiary/aromatic N) is 1. The average molecular weight is 470 g/mol. The Labute approximate surface area is 199 Å². The van der Waals surface area contributed by atoms with Crippen molar-refractivity contribution in [3.05, 3.63) is 65.5 Å². The predicted molar refractivity (Wildman–Crippen MR) is 127 cm³/mol. The number of hydrogen-bond donors (Lipinski definition) is 2. The second-order valence-electron chi connectivity index (χ2n) is 8.96. The number of methoxy groups -OCH3 is 1. The highest BCUT2D eigenvalue weighted by Gasteiger charge is 2.34. The van der Waals surface area contributed by atoms with Crippen LogP contribution in [0.4, 0.5) is 4.39 Å². The normalized spacial score (nSPS) is 15.0. The molecule has 2 aromatic carbocycles. The van der Waals surface area contributed by atoms with Gasteiger partial charge in [-0.05, 0) is 67.1 Å². The van der Waals surface area contributed by atoms with Crippen LogP contribution in [0, 0.1) is 17.7 Å². The van der Waals surface area contributed by atoms with Crippen LogP contribution in [0.5, 0.6) is 5.75 Å². The van der Waals surface area contributed by atoms with E-state index in [1.807, 2.05) is 13.8 Å². The van der Waals surface area contributed by atoms with Gasteiger partial charge in [0.25, 0.3) is 11.8 Å². The molecule has 7 nitrogen and oxygen atoms in total. The van der Waals surface area contributed by atoms with E-state index in [0.717, 1.165) is 0 Å². The summed E-state index contributed by atoms with van der Waals surface area (Å²) in [4.78, 5) is 40.3. The lowest BCUT2D eigenvalue weighted by molar-refractivity contribution is -0.124. The van der Waals surface area contributed by atoms with Crippen molar-refractivity contribution in [2.75, 3.05) is 26.7 Å². The molecule has 0 aliphatic carbocycles. The quantitative estimate of drug-likeness (QED) is 0.621. The molecule has 1 aliphatic rings. The first-order valence-electron chi connectivity index (χ1n) is 11.6. The zero-order chi connectivity index (χ0) is 24.7. The molecular weight excluding hydrogens is 437 g/mol. The topological polar surface area (TPSA) is 87.7 Å². The number of likely N-dealkylation sites (tertiary alicyclic amines) is 1. The van der Waals surface area contributed by atoms with E-state index in [0.29, 0.717) is 49.4 Å². The van der Waals surface area contributed by atoms with E-state index in [2.05, 4.69) is 10.6 Å². The molecule has 182 valence electrons. The molecule has 1 saturated heterocycles. The minimum atomic E-state index is -0.722. The third-order valence-electron chi connectivity index (χ3n) is 5.98. The molecule has 1 fully saturated rings. The lowest BCUT2D eigenvalue weighted by Gasteiger charge is -2.36. The highest BCUT2D eigenvalue weighted by atomic mass is 19.1. The third-order valence-corrected chi connectivity index (χ3v) is 5.98. The Kier molecular flexibility index (Phi) is 8.62. The SMILES string of the molecule is COc1ccc(C(=O)N[C@@H](C(=O)NCC(C)C)C2CCN(C(=O)c3cccc(F)c3)CC2)cc1. The molecule has 3 amide bonds. The zero-order valence-electron chi connectivity index (χ0n) is 19.8. The summed E-state index contributed by atoms with van der Waals surface area (Å²) in [6, 6.07) is 11.6. The molecule has 3 rings (SSSR count). The Morgan fingerprint density at radius 3 is 2.32 bits per heavy atom. The fraction of sp³-hybridized carbons (Fsp3) is 0.423. The van der Waals surface area contributed by atoms with Crippen LogP contribution in [-0.4, -0.2) is 55.4 Å². The van der Waals surface area contributed by atoms with Gasteiger partial charge in [-0.3, -0.25) is 14.4 Å². The van der Waals surface area contributed by atoms with Gasteiger partial charge in [0, 0.05) is 30.8 Å². The number of ether oxygens (including phenoxy) is 1. The Morgan fingerprint density at radius 1 is 1.06 bits per heavy atom. The smallest absolute Gasteiger partial charge is 0.253 e. The summed E-state index contributed by atoms with van der Waals surface area (Å²) in [5.74, 6) is -0.488. The number of amides is 3. The molecule has 0 aromatic heterocycles. The van der Waals surface area contributed by atoms with Crippen LogP contribution < -0.4 is 15.4 Å². The second-order valence-corrected chi connectivity index (χ2v) is 8.96.